The van der Waals surface area contributed by atoms with E-state index in [1.54, 1.807) is 13.8 Å². The molecule has 0 N–H and O–H groups in total. The lowest BCUT2D eigenvalue weighted by molar-refractivity contribution is -0.141. The van der Waals surface area contributed by atoms with E-state index in [-0.39, 0.29) is 31.1 Å². The van der Waals surface area contributed by atoms with Crippen molar-refractivity contribution in [3.05, 3.63) is 0 Å². The molecule has 6 nitrogen and oxygen atoms in total. The lowest BCUT2D eigenvalue weighted by Gasteiger charge is -2.24. The Morgan fingerprint density at radius 2 is 1.78 bits per heavy atom. The molecule has 108 valence electrons. The van der Waals surface area contributed by atoms with E-state index in [2.05, 4.69) is 4.74 Å². The molecule has 0 atom stereocenters. The molecule has 0 aliphatic carbocycles. The number of esters is 1. The molecule has 0 rings (SSSR count). The van der Waals surface area contributed by atoms with Crippen LogP contribution < -0.4 is 0 Å². The molecule has 7 heteroatoms. The van der Waals surface area contributed by atoms with Crippen molar-refractivity contribution in [3.8, 4) is 0 Å². The summed E-state index contributed by atoms with van der Waals surface area (Å²) in [5.41, 5.74) is 0. The van der Waals surface area contributed by atoms with Gasteiger partial charge in [-0.1, -0.05) is 0 Å². The predicted octanol–water partition coefficient (Wildman–Crippen LogP) is 0.625. The molecular weight excluding hydrogens is 258 g/mol. The highest BCUT2D eigenvalue weighted by atomic mass is 32.2. The molecule has 0 aromatic heterocycles. The highest BCUT2D eigenvalue weighted by Crippen LogP contribution is 2.08. The summed E-state index contributed by atoms with van der Waals surface area (Å²) < 4.78 is 34.9. The fraction of sp³-hybridized carbons (Fsp3) is 0.909. The van der Waals surface area contributed by atoms with Crippen LogP contribution in [0.25, 0.3) is 0 Å². The average Bonchev–Trinajstić information content (AvgIpc) is 2.23. The molecule has 0 aliphatic rings. The van der Waals surface area contributed by atoms with Crippen LogP contribution in [-0.4, -0.2) is 56.9 Å². The normalized spacial score (nSPS) is 12.4. The van der Waals surface area contributed by atoms with Gasteiger partial charge in [0.25, 0.3) is 0 Å². The Hall–Kier alpha value is -0.660. The van der Waals surface area contributed by atoms with Gasteiger partial charge in [-0.3, -0.25) is 4.79 Å². The molecule has 0 aromatic rings. The first-order valence-corrected chi connectivity index (χ1v) is 7.49. The first-order valence-electron chi connectivity index (χ1n) is 5.88. The third-order valence-corrected chi connectivity index (χ3v) is 4.19. The lowest BCUT2D eigenvalue weighted by Crippen LogP contribution is -2.43. The van der Waals surface area contributed by atoms with E-state index in [1.165, 1.54) is 7.11 Å². The second-order valence-corrected chi connectivity index (χ2v) is 6.49. The van der Waals surface area contributed by atoms with E-state index >= 15 is 0 Å². The van der Waals surface area contributed by atoms with Gasteiger partial charge in [0.1, 0.15) is 6.54 Å². The van der Waals surface area contributed by atoms with Gasteiger partial charge in [-0.25, -0.2) is 8.42 Å². The third-order valence-electron chi connectivity index (χ3n) is 2.24. The number of hydrogen-bond acceptors (Lipinski definition) is 5. The Kier molecular flexibility index (Phi) is 7.42. The van der Waals surface area contributed by atoms with Crippen molar-refractivity contribution in [2.75, 3.05) is 26.0 Å². The predicted molar refractivity (Wildman–Crippen MR) is 68.7 cm³/mol. The monoisotopic (exact) mass is 281 g/mol. The van der Waals surface area contributed by atoms with E-state index in [0.29, 0.717) is 0 Å². The van der Waals surface area contributed by atoms with Crippen LogP contribution in [0.3, 0.4) is 0 Å². The summed E-state index contributed by atoms with van der Waals surface area (Å²) in [6.07, 6.45) is -0.0201. The molecule has 0 spiro atoms. The van der Waals surface area contributed by atoms with Gasteiger partial charge < -0.3 is 9.47 Å². The zero-order valence-electron chi connectivity index (χ0n) is 11.7. The van der Waals surface area contributed by atoms with Gasteiger partial charge in [0.15, 0.2) is 0 Å². The quantitative estimate of drug-likeness (QED) is 0.610. The number of nitrogens with zero attached hydrogens (tertiary/aromatic N) is 1. The Balaban J connectivity index is 4.62. The molecule has 0 aliphatic heterocycles. The van der Waals surface area contributed by atoms with E-state index in [9.17, 15) is 13.2 Å². The smallest absolute Gasteiger partial charge is 0.321 e. The summed E-state index contributed by atoms with van der Waals surface area (Å²) in [6.45, 7) is 6.94. The number of carbonyl (C=O) groups is 1. The van der Waals surface area contributed by atoms with Crippen LogP contribution in [0, 0.1) is 0 Å². The zero-order chi connectivity index (χ0) is 14.3. The maximum Gasteiger partial charge on any atom is 0.321 e. The molecule has 0 aromatic carbocycles. The molecule has 18 heavy (non-hydrogen) atoms. The zero-order valence-corrected chi connectivity index (χ0v) is 12.5. The summed E-state index contributed by atoms with van der Waals surface area (Å²) in [7, 11) is -2.28. The van der Waals surface area contributed by atoms with E-state index in [0.717, 1.165) is 4.31 Å². The maximum absolute atomic E-state index is 12.0. The molecule has 0 saturated heterocycles. The minimum Gasteiger partial charge on any atom is -0.468 e. The Labute approximate surface area is 109 Å². The molecule has 0 heterocycles. The van der Waals surface area contributed by atoms with Gasteiger partial charge >= 0.3 is 5.97 Å². The number of rotatable bonds is 8. The van der Waals surface area contributed by atoms with Crippen LogP contribution in [0.2, 0.25) is 0 Å². The summed E-state index contributed by atoms with van der Waals surface area (Å²) in [4.78, 5) is 11.2. The van der Waals surface area contributed by atoms with Crippen LogP contribution in [0.4, 0.5) is 0 Å². The van der Waals surface area contributed by atoms with Crippen molar-refractivity contribution >= 4 is 16.0 Å². The van der Waals surface area contributed by atoms with Crippen LogP contribution in [-0.2, 0) is 24.3 Å². The van der Waals surface area contributed by atoms with E-state index < -0.39 is 16.0 Å². The number of sulfonamides is 1. The van der Waals surface area contributed by atoms with Crippen molar-refractivity contribution in [1.82, 2.24) is 4.31 Å². The van der Waals surface area contributed by atoms with Crippen LogP contribution in [0.1, 0.15) is 27.7 Å². The van der Waals surface area contributed by atoms with Gasteiger partial charge in [0, 0.05) is 6.04 Å². The summed E-state index contributed by atoms with van der Waals surface area (Å²) in [5.74, 6) is -0.711. The summed E-state index contributed by atoms with van der Waals surface area (Å²) in [6, 6.07) is -0.298. The molecule has 0 radical (unpaired) electrons. The van der Waals surface area contributed by atoms with Crippen molar-refractivity contribution in [1.29, 1.82) is 0 Å². The largest absolute Gasteiger partial charge is 0.468 e. The number of ether oxygens (including phenoxy) is 2. The Morgan fingerprint density at radius 3 is 2.17 bits per heavy atom. The second-order valence-electron chi connectivity index (χ2n) is 4.45. The summed E-state index contributed by atoms with van der Waals surface area (Å²) in [5, 5.41) is 0. The molecule has 0 fully saturated rings. The fourth-order valence-corrected chi connectivity index (χ4v) is 2.79. The van der Waals surface area contributed by atoms with E-state index in [4.69, 9.17) is 4.74 Å². The number of methoxy groups -OCH3 is 1. The highest BCUT2D eigenvalue weighted by molar-refractivity contribution is 7.89. The molecule has 0 bridgehead atoms. The summed E-state index contributed by atoms with van der Waals surface area (Å²) >= 11 is 0. The second kappa shape index (κ2) is 7.70. The third kappa shape index (κ3) is 6.32. The van der Waals surface area contributed by atoms with Gasteiger partial charge in [-0.05, 0) is 27.7 Å². The van der Waals surface area contributed by atoms with Gasteiger partial charge in [0.2, 0.25) is 10.0 Å². The maximum atomic E-state index is 12.0. The SMILES string of the molecule is COC(=O)CN(C(C)C)S(=O)(=O)CCOC(C)C. The minimum atomic E-state index is -3.51. The van der Waals surface area contributed by atoms with Crippen molar-refractivity contribution < 1.29 is 22.7 Å². The molecule has 0 unspecified atom stereocenters. The Morgan fingerprint density at radius 1 is 1.22 bits per heavy atom. The first-order chi connectivity index (χ1) is 8.20. The van der Waals surface area contributed by atoms with Crippen molar-refractivity contribution in [2.45, 2.75) is 39.8 Å². The van der Waals surface area contributed by atoms with Crippen molar-refractivity contribution in [2.24, 2.45) is 0 Å². The van der Waals surface area contributed by atoms with Crippen LogP contribution >= 0.6 is 0 Å². The Bertz CT molecular complexity index is 350. The lowest BCUT2D eigenvalue weighted by atomic mass is 10.4. The standard InChI is InChI=1S/C11H23NO5S/c1-9(2)12(8-11(13)16-5)18(14,15)7-6-17-10(3)4/h9-10H,6-8H2,1-5H3. The van der Waals surface area contributed by atoms with Crippen LogP contribution in [0.15, 0.2) is 0 Å². The number of carbonyl (C=O) groups excluding carboxylic acids is 1. The van der Waals surface area contributed by atoms with Crippen molar-refractivity contribution in [3.63, 3.8) is 0 Å². The average molecular weight is 281 g/mol. The fourth-order valence-electron chi connectivity index (χ4n) is 1.30. The molecule has 0 amide bonds. The van der Waals surface area contributed by atoms with E-state index in [1.807, 2.05) is 13.8 Å². The number of hydrogen-bond donors (Lipinski definition) is 0. The highest BCUT2D eigenvalue weighted by Gasteiger charge is 2.27. The van der Waals surface area contributed by atoms with Gasteiger partial charge in [0.05, 0.1) is 25.6 Å². The molecular formula is C11H23NO5S. The van der Waals surface area contributed by atoms with Gasteiger partial charge in [-0.15, -0.1) is 0 Å². The topological polar surface area (TPSA) is 72.9 Å². The minimum absolute atomic E-state index is 0.0201. The van der Waals surface area contributed by atoms with Gasteiger partial charge in [-0.2, -0.15) is 4.31 Å². The molecule has 0 saturated carbocycles. The first kappa shape index (κ1) is 17.3. The van der Waals surface area contributed by atoms with Crippen LogP contribution in [0.5, 0.6) is 0 Å².